The molecule has 0 aliphatic carbocycles. The molecule has 4 aromatic rings. The highest BCUT2D eigenvalue weighted by atomic mass is 16.6. The standard InChI is InChI=1S/C23H23N9O4/c1-13(2)11-15-7-9-16(10-8-15)14(3)25-27-23(33)19-20(17-5-4-6-18(12-17)32(34)35)31(30-26-19)22-21(24)28-36-29-22/h4-10,12-13,25H,3,11H2,1-2H3,(H2,24,28)(H,27,33). The van der Waals surface area contributed by atoms with E-state index in [2.05, 4.69) is 56.5 Å². The Morgan fingerprint density at radius 1 is 1.19 bits per heavy atom. The average molecular weight is 489 g/mol. The van der Waals surface area contributed by atoms with Crippen molar-refractivity contribution in [2.24, 2.45) is 5.92 Å². The van der Waals surface area contributed by atoms with E-state index < -0.39 is 10.8 Å². The third-order valence-electron chi connectivity index (χ3n) is 5.19. The Morgan fingerprint density at radius 2 is 1.94 bits per heavy atom. The molecule has 36 heavy (non-hydrogen) atoms. The molecule has 2 aromatic heterocycles. The van der Waals surface area contributed by atoms with Crippen LogP contribution in [0.3, 0.4) is 0 Å². The van der Waals surface area contributed by atoms with Gasteiger partial charge in [0.15, 0.2) is 5.69 Å². The molecule has 0 aliphatic rings. The zero-order valence-corrected chi connectivity index (χ0v) is 19.5. The number of non-ortho nitro benzene ring substituents is 1. The first-order chi connectivity index (χ1) is 17.2. The highest BCUT2D eigenvalue weighted by molar-refractivity contribution is 5.98. The van der Waals surface area contributed by atoms with Crippen molar-refractivity contribution in [2.45, 2.75) is 20.3 Å². The summed E-state index contributed by atoms with van der Waals surface area (Å²) < 4.78 is 5.76. The molecular formula is C23H23N9O4. The van der Waals surface area contributed by atoms with E-state index in [1.165, 1.54) is 23.8 Å². The number of nitro groups is 1. The Hall–Kier alpha value is -5.07. The van der Waals surface area contributed by atoms with Gasteiger partial charge in [-0.15, -0.1) is 5.10 Å². The summed E-state index contributed by atoms with van der Waals surface area (Å²) in [7, 11) is 0. The highest BCUT2D eigenvalue weighted by Gasteiger charge is 2.26. The topological polar surface area (TPSA) is 180 Å². The number of hydrazine groups is 1. The van der Waals surface area contributed by atoms with Crippen LogP contribution in [0.4, 0.5) is 11.5 Å². The fourth-order valence-corrected chi connectivity index (χ4v) is 3.52. The van der Waals surface area contributed by atoms with Crippen molar-refractivity contribution in [1.29, 1.82) is 0 Å². The van der Waals surface area contributed by atoms with Crippen molar-refractivity contribution >= 4 is 23.1 Å². The predicted octanol–water partition coefficient (Wildman–Crippen LogP) is 2.91. The van der Waals surface area contributed by atoms with E-state index in [0.717, 1.165) is 16.7 Å². The van der Waals surface area contributed by atoms with E-state index >= 15 is 0 Å². The third-order valence-corrected chi connectivity index (χ3v) is 5.19. The summed E-state index contributed by atoms with van der Waals surface area (Å²) in [5, 5.41) is 26.4. The van der Waals surface area contributed by atoms with Crippen molar-refractivity contribution in [3.63, 3.8) is 0 Å². The number of carbonyl (C=O) groups is 1. The number of nitro benzene ring substituents is 1. The maximum absolute atomic E-state index is 13.1. The van der Waals surface area contributed by atoms with E-state index in [4.69, 9.17) is 5.73 Å². The smallest absolute Gasteiger partial charge is 0.292 e. The molecule has 184 valence electrons. The molecule has 0 fully saturated rings. The number of benzene rings is 2. The van der Waals surface area contributed by atoms with Crippen LogP contribution in [0.5, 0.6) is 0 Å². The molecule has 0 unspecified atom stereocenters. The maximum atomic E-state index is 13.1. The fourth-order valence-electron chi connectivity index (χ4n) is 3.52. The Kier molecular flexibility index (Phi) is 6.72. The monoisotopic (exact) mass is 489 g/mol. The minimum absolute atomic E-state index is 0.0260. The summed E-state index contributed by atoms with van der Waals surface area (Å²) in [5.74, 6) is -0.267. The largest absolute Gasteiger partial charge is 0.378 e. The van der Waals surface area contributed by atoms with Crippen LogP contribution in [0, 0.1) is 16.0 Å². The molecule has 13 heteroatoms. The minimum Gasteiger partial charge on any atom is -0.378 e. The van der Waals surface area contributed by atoms with Gasteiger partial charge in [0.25, 0.3) is 11.6 Å². The van der Waals surface area contributed by atoms with Gasteiger partial charge in [-0.2, -0.15) is 4.68 Å². The van der Waals surface area contributed by atoms with E-state index in [1.54, 1.807) is 6.07 Å². The number of nitrogens with zero attached hydrogens (tertiary/aromatic N) is 6. The van der Waals surface area contributed by atoms with E-state index in [1.807, 2.05) is 24.3 Å². The van der Waals surface area contributed by atoms with Gasteiger partial charge in [-0.25, -0.2) is 4.63 Å². The number of nitrogens with one attached hydrogen (secondary N) is 2. The van der Waals surface area contributed by atoms with Gasteiger partial charge in [0.1, 0.15) is 5.69 Å². The lowest BCUT2D eigenvalue weighted by atomic mass is 10.0. The van der Waals surface area contributed by atoms with Crippen molar-refractivity contribution < 1.29 is 14.3 Å². The number of amides is 1. The molecule has 13 nitrogen and oxygen atoms in total. The second-order valence-electron chi connectivity index (χ2n) is 8.33. The second kappa shape index (κ2) is 10.0. The van der Waals surface area contributed by atoms with Gasteiger partial charge >= 0.3 is 0 Å². The predicted molar refractivity (Wildman–Crippen MR) is 130 cm³/mol. The molecular weight excluding hydrogens is 466 g/mol. The number of hydrogen-bond donors (Lipinski definition) is 3. The number of hydrogen-bond acceptors (Lipinski definition) is 10. The molecule has 0 saturated heterocycles. The number of rotatable bonds is 9. The zero-order valence-electron chi connectivity index (χ0n) is 19.5. The van der Waals surface area contributed by atoms with Gasteiger partial charge in [0.2, 0.25) is 11.6 Å². The fraction of sp³-hybridized carbons (Fsp3) is 0.174. The van der Waals surface area contributed by atoms with Gasteiger partial charge in [-0.3, -0.25) is 25.8 Å². The molecule has 4 rings (SSSR count). The van der Waals surface area contributed by atoms with Crippen molar-refractivity contribution in [1.82, 2.24) is 36.2 Å². The van der Waals surface area contributed by atoms with Gasteiger partial charge < -0.3 is 5.73 Å². The number of anilines is 1. The van der Waals surface area contributed by atoms with Crippen LogP contribution >= 0.6 is 0 Å². The van der Waals surface area contributed by atoms with E-state index in [9.17, 15) is 14.9 Å². The summed E-state index contributed by atoms with van der Waals surface area (Å²) in [6.45, 7) is 8.26. The van der Waals surface area contributed by atoms with Crippen molar-refractivity contribution in [3.05, 3.63) is 82.0 Å². The summed E-state index contributed by atoms with van der Waals surface area (Å²) in [6.07, 6.45) is 0.957. The SMILES string of the molecule is C=C(NNC(=O)c1nnn(-c2nonc2N)c1-c1cccc([N+](=O)[O-])c1)c1ccc(CC(C)C)cc1. The van der Waals surface area contributed by atoms with Gasteiger partial charge in [-0.05, 0) is 33.8 Å². The molecule has 0 spiro atoms. The zero-order chi connectivity index (χ0) is 25.8. The Balaban J connectivity index is 1.60. The van der Waals surface area contributed by atoms with Gasteiger partial charge in [0.05, 0.1) is 10.6 Å². The Morgan fingerprint density at radius 3 is 2.58 bits per heavy atom. The normalized spacial score (nSPS) is 10.9. The number of aromatic nitrogens is 5. The van der Waals surface area contributed by atoms with E-state index in [-0.39, 0.29) is 34.3 Å². The molecule has 0 radical (unpaired) electrons. The molecule has 0 aliphatic heterocycles. The van der Waals surface area contributed by atoms with Crippen LogP contribution in [0.15, 0.2) is 59.7 Å². The third kappa shape index (κ3) is 5.04. The van der Waals surface area contributed by atoms with Crippen LogP contribution < -0.4 is 16.6 Å². The summed E-state index contributed by atoms with van der Waals surface area (Å²) in [5.41, 5.74) is 13.6. The Bertz CT molecular complexity index is 1420. The molecule has 1 amide bonds. The first-order valence-electron chi connectivity index (χ1n) is 10.9. The van der Waals surface area contributed by atoms with Crippen LogP contribution in [-0.2, 0) is 6.42 Å². The van der Waals surface area contributed by atoms with E-state index in [0.29, 0.717) is 11.6 Å². The number of nitrogen functional groups attached to an aromatic ring is 1. The molecule has 0 atom stereocenters. The van der Waals surface area contributed by atoms with Crippen LogP contribution in [-0.4, -0.2) is 36.1 Å². The summed E-state index contributed by atoms with van der Waals surface area (Å²) in [4.78, 5) is 23.8. The summed E-state index contributed by atoms with van der Waals surface area (Å²) >= 11 is 0. The van der Waals surface area contributed by atoms with Crippen LogP contribution in [0.2, 0.25) is 0 Å². The van der Waals surface area contributed by atoms with Crippen molar-refractivity contribution in [2.75, 3.05) is 5.73 Å². The average Bonchev–Trinajstić information content (AvgIpc) is 3.48. The first-order valence-corrected chi connectivity index (χ1v) is 10.9. The maximum Gasteiger partial charge on any atom is 0.292 e. The number of nitrogens with two attached hydrogens (primary N) is 1. The molecule has 4 N–H and O–H groups in total. The second-order valence-corrected chi connectivity index (χ2v) is 8.33. The molecule has 2 heterocycles. The lowest BCUT2D eigenvalue weighted by Gasteiger charge is -2.12. The lowest BCUT2D eigenvalue weighted by Crippen LogP contribution is -2.36. The number of carbonyl (C=O) groups excluding carboxylic acids is 1. The lowest BCUT2D eigenvalue weighted by molar-refractivity contribution is -0.384. The first kappa shape index (κ1) is 24.1. The van der Waals surface area contributed by atoms with Crippen molar-refractivity contribution in [3.8, 4) is 17.1 Å². The molecule has 0 bridgehead atoms. The summed E-state index contributed by atoms with van der Waals surface area (Å²) in [6, 6.07) is 13.5. The Labute approximate surface area is 205 Å². The molecule has 0 saturated carbocycles. The minimum atomic E-state index is -0.671. The van der Waals surface area contributed by atoms with Gasteiger partial charge in [-0.1, -0.05) is 62.0 Å². The molecule has 2 aromatic carbocycles. The van der Waals surface area contributed by atoms with Gasteiger partial charge in [0, 0.05) is 17.7 Å². The quantitative estimate of drug-likeness (QED) is 0.234. The van der Waals surface area contributed by atoms with Crippen LogP contribution in [0.25, 0.3) is 22.8 Å². The van der Waals surface area contributed by atoms with Crippen LogP contribution in [0.1, 0.15) is 35.5 Å². The highest BCUT2D eigenvalue weighted by Crippen LogP contribution is 2.29.